The number of thioether (sulfide) groups is 1. The molecule has 4 heteroatoms. The molecule has 3 nitrogen and oxygen atoms in total. The molecule has 1 amide bonds. The number of nitrogens with zero attached hydrogens (tertiary/aromatic N) is 1. The Bertz CT molecular complexity index is 187. The molecule has 0 aromatic heterocycles. The summed E-state index contributed by atoms with van der Waals surface area (Å²) >= 11 is 1.70. The number of unbranched alkanes of at least 4 members (excludes halogenated alkanes) is 1. The van der Waals surface area contributed by atoms with Gasteiger partial charge < -0.3 is 10.0 Å². The zero-order chi connectivity index (χ0) is 10.4. The van der Waals surface area contributed by atoms with Crippen molar-refractivity contribution >= 4 is 17.7 Å². The Morgan fingerprint density at radius 3 is 3.00 bits per heavy atom. The van der Waals surface area contributed by atoms with Gasteiger partial charge in [0.05, 0.1) is 11.9 Å². The van der Waals surface area contributed by atoms with E-state index in [1.807, 2.05) is 0 Å². The van der Waals surface area contributed by atoms with E-state index in [2.05, 4.69) is 6.92 Å². The maximum Gasteiger partial charge on any atom is 0.232 e. The van der Waals surface area contributed by atoms with Crippen molar-refractivity contribution in [3.8, 4) is 0 Å². The lowest BCUT2D eigenvalue weighted by atomic mass is 10.3. The topological polar surface area (TPSA) is 40.5 Å². The van der Waals surface area contributed by atoms with E-state index in [-0.39, 0.29) is 12.0 Å². The van der Waals surface area contributed by atoms with Gasteiger partial charge in [0, 0.05) is 13.1 Å². The molecule has 0 aliphatic carbocycles. The third-order valence-corrected chi connectivity index (χ3v) is 3.41. The molecule has 1 fully saturated rings. The summed E-state index contributed by atoms with van der Waals surface area (Å²) in [6.45, 7) is 3.42. The molecule has 1 heterocycles. The molecule has 1 unspecified atom stereocenters. The third-order valence-electron chi connectivity index (χ3n) is 2.38. The minimum absolute atomic E-state index is 0.183. The predicted molar refractivity (Wildman–Crippen MR) is 59.4 cm³/mol. The highest BCUT2D eigenvalue weighted by atomic mass is 32.2. The maximum absolute atomic E-state index is 11.5. The fraction of sp³-hybridized carbons (Fsp3) is 0.900. The molecule has 0 radical (unpaired) electrons. The first kappa shape index (κ1) is 11.9. The molecule has 1 saturated heterocycles. The van der Waals surface area contributed by atoms with Gasteiger partial charge in [0.2, 0.25) is 5.91 Å². The summed E-state index contributed by atoms with van der Waals surface area (Å²) in [6, 6.07) is 0. The van der Waals surface area contributed by atoms with E-state index in [1.165, 1.54) is 12.8 Å². The van der Waals surface area contributed by atoms with Gasteiger partial charge in [-0.2, -0.15) is 11.8 Å². The summed E-state index contributed by atoms with van der Waals surface area (Å²) < 4.78 is 0. The molecule has 1 aliphatic rings. The molecule has 1 atom stereocenters. The zero-order valence-corrected chi connectivity index (χ0v) is 9.55. The number of amides is 1. The Balaban J connectivity index is 2.09. The number of rotatable bonds is 5. The van der Waals surface area contributed by atoms with Crippen molar-refractivity contribution in [1.82, 2.24) is 4.90 Å². The lowest BCUT2D eigenvalue weighted by Gasteiger charge is -2.14. The first-order valence-electron chi connectivity index (χ1n) is 5.27. The van der Waals surface area contributed by atoms with Gasteiger partial charge in [0.25, 0.3) is 0 Å². The number of hydrogen-bond donors (Lipinski definition) is 1. The van der Waals surface area contributed by atoms with Crippen LogP contribution in [0, 0.1) is 0 Å². The lowest BCUT2D eigenvalue weighted by molar-refractivity contribution is -0.127. The highest BCUT2D eigenvalue weighted by molar-refractivity contribution is 7.99. The van der Waals surface area contributed by atoms with Gasteiger partial charge in [-0.15, -0.1) is 0 Å². The summed E-state index contributed by atoms with van der Waals surface area (Å²) in [5.74, 6) is 1.83. The molecule has 0 bridgehead atoms. The molecule has 1 N–H and O–H groups in total. The second kappa shape index (κ2) is 6.30. The number of aliphatic hydroxyl groups excluding tert-OH is 1. The van der Waals surface area contributed by atoms with Crippen molar-refractivity contribution in [3.63, 3.8) is 0 Å². The van der Waals surface area contributed by atoms with E-state index >= 15 is 0 Å². The van der Waals surface area contributed by atoms with Crippen LogP contribution >= 0.6 is 11.8 Å². The second-order valence-electron chi connectivity index (χ2n) is 3.69. The Morgan fingerprint density at radius 1 is 1.64 bits per heavy atom. The van der Waals surface area contributed by atoms with Crippen molar-refractivity contribution in [2.24, 2.45) is 0 Å². The standard InChI is InChI=1S/C10H19NO2S/c1-2-3-6-14-8-10(13)11-5-4-9(12)7-11/h9,12H,2-8H2,1H3. The first-order valence-corrected chi connectivity index (χ1v) is 6.43. The molecule has 82 valence electrons. The van der Waals surface area contributed by atoms with Gasteiger partial charge in [-0.25, -0.2) is 0 Å². The Morgan fingerprint density at radius 2 is 2.43 bits per heavy atom. The van der Waals surface area contributed by atoms with Gasteiger partial charge in [0.1, 0.15) is 0 Å². The normalized spacial score (nSPS) is 21.6. The zero-order valence-electron chi connectivity index (χ0n) is 8.74. The van der Waals surface area contributed by atoms with E-state index in [1.54, 1.807) is 16.7 Å². The van der Waals surface area contributed by atoms with Gasteiger partial charge >= 0.3 is 0 Å². The smallest absolute Gasteiger partial charge is 0.232 e. The summed E-state index contributed by atoms with van der Waals surface area (Å²) in [7, 11) is 0. The van der Waals surface area contributed by atoms with Crippen LogP contribution in [0.1, 0.15) is 26.2 Å². The van der Waals surface area contributed by atoms with Crippen LogP contribution in [0.5, 0.6) is 0 Å². The summed E-state index contributed by atoms with van der Waals surface area (Å²) in [4.78, 5) is 13.3. The number of β-amino-alcohol motifs (C(OH)–C–C–N with tert-alkyl or cyclic N) is 1. The van der Waals surface area contributed by atoms with Gasteiger partial charge in [-0.3, -0.25) is 4.79 Å². The summed E-state index contributed by atoms with van der Waals surface area (Å²) in [6.07, 6.45) is 2.81. The molecule has 0 saturated carbocycles. The van der Waals surface area contributed by atoms with Gasteiger partial charge in [-0.1, -0.05) is 13.3 Å². The molecule has 1 rings (SSSR count). The molecule has 0 aromatic carbocycles. The fourth-order valence-electron chi connectivity index (χ4n) is 1.47. The van der Waals surface area contributed by atoms with E-state index < -0.39 is 0 Å². The predicted octanol–water partition coefficient (Wildman–Crippen LogP) is 1.11. The van der Waals surface area contributed by atoms with E-state index in [4.69, 9.17) is 0 Å². The number of carbonyl (C=O) groups is 1. The van der Waals surface area contributed by atoms with Gasteiger partial charge in [0.15, 0.2) is 0 Å². The van der Waals surface area contributed by atoms with Crippen LogP contribution in [0.3, 0.4) is 0 Å². The lowest BCUT2D eigenvalue weighted by Crippen LogP contribution is -2.31. The molecule has 1 aliphatic heterocycles. The van der Waals surface area contributed by atoms with Crippen molar-refractivity contribution in [1.29, 1.82) is 0 Å². The van der Waals surface area contributed by atoms with Crippen LogP contribution in [0.4, 0.5) is 0 Å². The van der Waals surface area contributed by atoms with Gasteiger partial charge in [-0.05, 0) is 18.6 Å². The monoisotopic (exact) mass is 217 g/mol. The number of likely N-dealkylation sites (tertiary alicyclic amines) is 1. The molecular formula is C10H19NO2S. The quantitative estimate of drug-likeness (QED) is 0.701. The Kier molecular flexibility index (Phi) is 5.33. The highest BCUT2D eigenvalue weighted by Crippen LogP contribution is 2.12. The van der Waals surface area contributed by atoms with Crippen LogP contribution in [0.25, 0.3) is 0 Å². The van der Waals surface area contributed by atoms with Crippen molar-refractivity contribution in [3.05, 3.63) is 0 Å². The van der Waals surface area contributed by atoms with Crippen LogP contribution in [0.2, 0.25) is 0 Å². The van der Waals surface area contributed by atoms with Crippen molar-refractivity contribution in [2.75, 3.05) is 24.6 Å². The van der Waals surface area contributed by atoms with Crippen LogP contribution in [-0.4, -0.2) is 46.6 Å². The fourth-order valence-corrected chi connectivity index (χ4v) is 2.46. The van der Waals surface area contributed by atoms with Crippen LogP contribution in [0.15, 0.2) is 0 Å². The minimum Gasteiger partial charge on any atom is -0.391 e. The highest BCUT2D eigenvalue weighted by Gasteiger charge is 2.23. The third kappa shape index (κ3) is 3.88. The molecule has 14 heavy (non-hydrogen) atoms. The average molecular weight is 217 g/mol. The van der Waals surface area contributed by atoms with E-state index in [0.29, 0.717) is 12.3 Å². The number of hydrogen-bond acceptors (Lipinski definition) is 3. The Labute approximate surface area is 89.9 Å². The average Bonchev–Trinajstić information content (AvgIpc) is 2.59. The van der Waals surface area contributed by atoms with Crippen LogP contribution < -0.4 is 0 Å². The molecule has 0 aromatic rings. The van der Waals surface area contributed by atoms with E-state index in [9.17, 15) is 9.90 Å². The second-order valence-corrected chi connectivity index (χ2v) is 4.79. The maximum atomic E-state index is 11.5. The van der Waals surface area contributed by atoms with E-state index in [0.717, 1.165) is 18.7 Å². The summed E-state index contributed by atoms with van der Waals surface area (Å²) in [5, 5.41) is 9.26. The Hall–Kier alpha value is -0.220. The largest absolute Gasteiger partial charge is 0.391 e. The molecular weight excluding hydrogens is 198 g/mol. The molecule has 0 spiro atoms. The van der Waals surface area contributed by atoms with Crippen molar-refractivity contribution < 1.29 is 9.90 Å². The van der Waals surface area contributed by atoms with Crippen molar-refractivity contribution in [2.45, 2.75) is 32.3 Å². The van der Waals surface area contributed by atoms with Crippen LogP contribution in [-0.2, 0) is 4.79 Å². The first-order chi connectivity index (χ1) is 6.74. The number of carbonyl (C=O) groups excluding carboxylic acids is 1. The number of aliphatic hydroxyl groups is 1. The minimum atomic E-state index is -0.292. The SMILES string of the molecule is CCCCSCC(=O)N1CCC(O)C1. The summed E-state index contributed by atoms with van der Waals surface area (Å²) in [5.41, 5.74) is 0.